The predicted octanol–water partition coefficient (Wildman–Crippen LogP) is 2.79. The molecule has 0 unspecified atom stereocenters. The van der Waals surface area contributed by atoms with Crippen LogP contribution in [0.3, 0.4) is 0 Å². The summed E-state index contributed by atoms with van der Waals surface area (Å²) in [6, 6.07) is 15.2. The lowest BCUT2D eigenvalue weighted by molar-refractivity contribution is -0.144. The van der Waals surface area contributed by atoms with Gasteiger partial charge in [0.25, 0.3) is 0 Å². The zero-order valence-corrected chi connectivity index (χ0v) is 15.7. The van der Waals surface area contributed by atoms with E-state index >= 15 is 0 Å². The molecular weight excluding hydrogens is 346 g/mol. The third kappa shape index (κ3) is 6.66. The van der Waals surface area contributed by atoms with E-state index in [1.54, 1.807) is 20.3 Å². The van der Waals surface area contributed by atoms with Gasteiger partial charge < -0.3 is 19.5 Å². The Labute approximate surface area is 159 Å². The average Bonchev–Trinajstić information content (AvgIpc) is 2.69. The Balaban J connectivity index is 1.99. The fourth-order valence-electron chi connectivity index (χ4n) is 2.78. The number of carboxylic acids is 1. The highest BCUT2D eigenvalue weighted by molar-refractivity contribution is 5.81. The maximum absolute atomic E-state index is 12.6. The van der Waals surface area contributed by atoms with Crippen molar-refractivity contribution in [2.45, 2.75) is 19.3 Å². The van der Waals surface area contributed by atoms with Crippen molar-refractivity contribution in [2.24, 2.45) is 0 Å². The fourth-order valence-corrected chi connectivity index (χ4v) is 2.78. The van der Waals surface area contributed by atoms with Gasteiger partial charge in [-0.3, -0.25) is 9.59 Å². The SMILES string of the molecule is COc1cc(CCC(=O)N(CCc2ccccc2)CC(=O)O)cc(OC)c1. The molecular formula is C21H25NO5. The molecule has 27 heavy (non-hydrogen) atoms. The van der Waals surface area contributed by atoms with Crippen LogP contribution in [0.25, 0.3) is 0 Å². The van der Waals surface area contributed by atoms with Crippen LogP contribution in [0.15, 0.2) is 48.5 Å². The van der Waals surface area contributed by atoms with Crippen LogP contribution in [-0.2, 0) is 22.4 Å². The van der Waals surface area contributed by atoms with Crippen molar-refractivity contribution in [3.63, 3.8) is 0 Å². The van der Waals surface area contributed by atoms with E-state index in [1.807, 2.05) is 42.5 Å². The van der Waals surface area contributed by atoms with Crippen molar-refractivity contribution in [1.29, 1.82) is 0 Å². The van der Waals surface area contributed by atoms with Crippen molar-refractivity contribution < 1.29 is 24.2 Å². The van der Waals surface area contributed by atoms with E-state index < -0.39 is 5.97 Å². The second kappa shape index (κ2) is 10.2. The van der Waals surface area contributed by atoms with Crippen molar-refractivity contribution in [3.05, 3.63) is 59.7 Å². The molecule has 0 radical (unpaired) electrons. The Morgan fingerprint density at radius 3 is 2.11 bits per heavy atom. The van der Waals surface area contributed by atoms with Gasteiger partial charge in [-0.1, -0.05) is 30.3 Å². The molecule has 0 aliphatic rings. The standard InChI is InChI=1S/C21H25NO5/c1-26-18-12-17(13-19(14-18)27-2)8-9-20(23)22(15-21(24)25)11-10-16-6-4-3-5-7-16/h3-7,12-14H,8-11,15H2,1-2H3,(H,24,25). The van der Waals surface area contributed by atoms with Crippen molar-refractivity contribution in [2.75, 3.05) is 27.3 Å². The Hall–Kier alpha value is -3.02. The molecule has 2 rings (SSSR count). The van der Waals surface area contributed by atoms with Gasteiger partial charge >= 0.3 is 5.97 Å². The van der Waals surface area contributed by atoms with Gasteiger partial charge in [-0.05, 0) is 36.1 Å². The van der Waals surface area contributed by atoms with Crippen molar-refractivity contribution >= 4 is 11.9 Å². The first-order chi connectivity index (χ1) is 13.0. The number of carbonyl (C=O) groups excluding carboxylic acids is 1. The maximum Gasteiger partial charge on any atom is 0.323 e. The monoisotopic (exact) mass is 371 g/mol. The van der Waals surface area contributed by atoms with E-state index in [2.05, 4.69) is 0 Å². The molecule has 1 N–H and O–H groups in total. The van der Waals surface area contributed by atoms with Gasteiger partial charge in [0.2, 0.25) is 5.91 Å². The number of methoxy groups -OCH3 is 2. The molecule has 0 saturated carbocycles. The summed E-state index contributed by atoms with van der Waals surface area (Å²) in [6.45, 7) is 0.0731. The highest BCUT2D eigenvalue weighted by Gasteiger charge is 2.17. The maximum atomic E-state index is 12.6. The zero-order valence-electron chi connectivity index (χ0n) is 15.7. The summed E-state index contributed by atoms with van der Waals surface area (Å²) >= 11 is 0. The number of hydrogen-bond acceptors (Lipinski definition) is 4. The van der Waals surface area contributed by atoms with Crippen LogP contribution >= 0.6 is 0 Å². The number of benzene rings is 2. The molecule has 2 aromatic carbocycles. The largest absolute Gasteiger partial charge is 0.497 e. The molecule has 0 spiro atoms. The van der Waals surface area contributed by atoms with Gasteiger partial charge in [0.1, 0.15) is 18.0 Å². The summed E-state index contributed by atoms with van der Waals surface area (Å²) in [5, 5.41) is 9.12. The van der Waals surface area contributed by atoms with Gasteiger partial charge in [-0.25, -0.2) is 0 Å². The van der Waals surface area contributed by atoms with E-state index in [0.717, 1.165) is 11.1 Å². The number of hydrogen-bond donors (Lipinski definition) is 1. The van der Waals surface area contributed by atoms with Crippen molar-refractivity contribution in [1.82, 2.24) is 4.90 Å². The minimum atomic E-state index is -1.01. The molecule has 0 bridgehead atoms. The second-order valence-electron chi connectivity index (χ2n) is 6.17. The molecule has 6 nitrogen and oxygen atoms in total. The number of aliphatic carboxylic acids is 1. The molecule has 0 atom stereocenters. The Bertz CT molecular complexity index is 738. The molecule has 0 fully saturated rings. The normalized spacial score (nSPS) is 10.3. The Morgan fingerprint density at radius 2 is 1.56 bits per heavy atom. The predicted molar refractivity (Wildman–Crippen MR) is 102 cm³/mol. The number of carbonyl (C=O) groups is 2. The second-order valence-corrected chi connectivity index (χ2v) is 6.17. The molecule has 2 aromatic rings. The van der Waals surface area contributed by atoms with Gasteiger partial charge in [0, 0.05) is 19.0 Å². The van der Waals surface area contributed by atoms with E-state index in [1.165, 1.54) is 4.90 Å². The summed E-state index contributed by atoms with van der Waals surface area (Å²) in [4.78, 5) is 25.1. The lowest BCUT2D eigenvalue weighted by Gasteiger charge is -2.21. The first-order valence-electron chi connectivity index (χ1n) is 8.77. The summed E-state index contributed by atoms with van der Waals surface area (Å²) in [6.07, 6.45) is 1.32. The Morgan fingerprint density at radius 1 is 0.926 bits per heavy atom. The lowest BCUT2D eigenvalue weighted by Crippen LogP contribution is -2.37. The molecule has 0 aromatic heterocycles. The van der Waals surface area contributed by atoms with E-state index in [-0.39, 0.29) is 18.9 Å². The average molecular weight is 371 g/mol. The minimum absolute atomic E-state index is 0.185. The van der Waals surface area contributed by atoms with Crippen LogP contribution < -0.4 is 9.47 Å². The van der Waals surface area contributed by atoms with Crippen LogP contribution in [0.1, 0.15) is 17.5 Å². The topological polar surface area (TPSA) is 76.1 Å². The van der Waals surface area contributed by atoms with E-state index in [9.17, 15) is 9.59 Å². The number of rotatable bonds is 10. The molecule has 0 aliphatic carbocycles. The molecule has 6 heteroatoms. The minimum Gasteiger partial charge on any atom is -0.497 e. The van der Waals surface area contributed by atoms with Gasteiger partial charge in [-0.15, -0.1) is 0 Å². The molecule has 1 amide bonds. The van der Waals surface area contributed by atoms with E-state index in [4.69, 9.17) is 14.6 Å². The molecule has 0 saturated heterocycles. The number of carboxylic acid groups (broad SMARTS) is 1. The quantitative estimate of drug-likeness (QED) is 0.695. The Kier molecular flexibility index (Phi) is 7.67. The zero-order chi connectivity index (χ0) is 19.6. The fraction of sp³-hybridized carbons (Fsp3) is 0.333. The van der Waals surface area contributed by atoms with Gasteiger partial charge in [0.05, 0.1) is 14.2 Å². The lowest BCUT2D eigenvalue weighted by atomic mass is 10.1. The number of nitrogens with zero attached hydrogens (tertiary/aromatic N) is 1. The number of aryl methyl sites for hydroxylation is 1. The third-order valence-electron chi connectivity index (χ3n) is 4.23. The van der Waals surface area contributed by atoms with Crippen LogP contribution in [0.5, 0.6) is 11.5 Å². The van der Waals surface area contributed by atoms with Crippen LogP contribution in [0.4, 0.5) is 0 Å². The summed E-state index contributed by atoms with van der Waals surface area (Å²) in [7, 11) is 3.14. The van der Waals surface area contributed by atoms with Crippen LogP contribution in [0.2, 0.25) is 0 Å². The number of ether oxygens (including phenoxy) is 2. The highest BCUT2D eigenvalue weighted by atomic mass is 16.5. The van der Waals surface area contributed by atoms with Crippen LogP contribution in [0, 0.1) is 0 Å². The van der Waals surface area contributed by atoms with Crippen molar-refractivity contribution in [3.8, 4) is 11.5 Å². The van der Waals surface area contributed by atoms with Gasteiger partial charge in [-0.2, -0.15) is 0 Å². The number of amides is 1. The van der Waals surface area contributed by atoms with Gasteiger partial charge in [0.15, 0.2) is 0 Å². The molecule has 0 heterocycles. The smallest absolute Gasteiger partial charge is 0.323 e. The highest BCUT2D eigenvalue weighted by Crippen LogP contribution is 2.23. The summed E-state index contributed by atoms with van der Waals surface area (Å²) in [5.74, 6) is 0.112. The molecule has 144 valence electrons. The summed E-state index contributed by atoms with van der Waals surface area (Å²) in [5.41, 5.74) is 1.97. The first kappa shape index (κ1) is 20.3. The molecule has 0 aliphatic heterocycles. The third-order valence-corrected chi connectivity index (χ3v) is 4.23. The first-order valence-corrected chi connectivity index (χ1v) is 8.77. The summed E-state index contributed by atoms with van der Waals surface area (Å²) < 4.78 is 10.5. The van der Waals surface area contributed by atoms with E-state index in [0.29, 0.717) is 30.9 Å². The van der Waals surface area contributed by atoms with Crippen LogP contribution in [-0.4, -0.2) is 49.2 Å².